The van der Waals surface area contributed by atoms with E-state index in [0.29, 0.717) is 21.3 Å². The van der Waals surface area contributed by atoms with Crippen molar-refractivity contribution in [2.45, 2.75) is 13.3 Å². The lowest BCUT2D eigenvalue weighted by atomic mass is 10.1. The summed E-state index contributed by atoms with van der Waals surface area (Å²) in [6.07, 6.45) is 0.997. The molecule has 0 aromatic heterocycles. The van der Waals surface area contributed by atoms with Gasteiger partial charge >= 0.3 is 0 Å². The SMILES string of the molecule is Cc1cc(Cl)c(NC(=O)c2ccc3c(c2)NCC3)cc1Cl. The lowest BCUT2D eigenvalue weighted by Gasteiger charge is -2.10. The van der Waals surface area contributed by atoms with E-state index in [4.69, 9.17) is 23.2 Å². The smallest absolute Gasteiger partial charge is 0.255 e. The number of carbonyl (C=O) groups excluding carboxylic acids is 1. The van der Waals surface area contributed by atoms with Gasteiger partial charge in [-0.15, -0.1) is 0 Å². The Morgan fingerprint density at radius 3 is 2.81 bits per heavy atom. The Bertz CT molecular complexity index is 728. The minimum absolute atomic E-state index is 0.201. The first-order chi connectivity index (χ1) is 10.0. The van der Waals surface area contributed by atoms with Crippen molar-refractivity contribution in [3.63, 3.8) is 0 Å². The highest BCUT2D eigenvalue weighted by Gasteiger charge is 2.15. The topological polar surface area (TPSA) is 41.1 Å². The predicted molar refractivity (Wildman–Crippen MR) is 87.8 cm³/mol. The Labute approximate surface area is 133 Å². The third-order valence-corrected chi connectivity index (χ3v) is 4.30. The number of hydrogen-bond acceptors (Lipinski definition) is 2. The molecule has 0 saturated heterocycles. The van der Waals surface area contributed by atoms with Crippen LogP contribution in [0.1, 0.15) is 21.5 Å². The Hall–Kier alpha value is -1.71. The van der Waals surface area contributed by atoms with Crippen LogP contribution in [0.2, 0.25) is 10.0 Å². The first-order valence-corrected chi connectivity index (χ1v) is 7.44. The van der Waals surface area contributed by atoms with Crippen molar-refractivity contribution in [2.24, 2.45) is 0 Å². The van der Waals surface area contributed by atoms with Gasteiger partial charge in [0.2, 0.25) is 0 Å². The third-order valence-electron chi connectivity index (χ3n) is 3.58. The summed E-state index contributed by atoms with van der Waals surface area (Å²) in [5.74, 6) is -0.201. The molecule has 1 heterocycles. The van der Waals surface area contributed by atoms with E-state index in [1.807, 2.05) is 25.1 Å². The second-order valence-corrected chi connectivity index (χ2v) is 5.90. The molecule has 108 valence electrons. The molecule has 2 aromatic rings. The van der Waals surface area contributed by atoms with Gasteiger partial charge in [-0.2, -0.15) is 0 Å². The first kappa shape index (κ1) is 14.2. The van der Waals surface area contributed by atoms with Crippen LogP contribution in [0.15, 0.2) is 30.3 Å². The number of carbonyl (C=O) groups is 1. The maximum absolute atomic E-state index is 12.3. The van der Waals surface area contributed by atoms with Gasteiger partial charge in [-0.05, 0) is 48.7 Å². The molecule has 3 nitrogen and oxygen atoms in total. The summed E-state index contributed by atoms with van der Waals surface area (Å²) in [5, 5.41) is 7.11. The number of rotatable bonds is 2. The van der Waals surface area contributed by atoms with Crippen molar-refractivity contribution in [2.75, 3.05) is 17.2 Å². The van der Waals surface area contributed by atoms with Gasteiger partial charge in [0.05, 0.1) is 10.7 Å². The molecule has 0 spiro atoms. The highest BCUT2D eigenvalue weighted by molar-refractivity contribution is 6.36. The molecule has 1 aliphatic rings. The van der Waals surface area contributed by atoms with Crippen molar-refractivity contribution in [1.82, 2.24) is 0 Å². The van der Waals surface area contributed by atoms with E-state index in [1.165, 1.54) is 5.56 Å². The number of benzene rings is 2. The van der Waals surface area contributed by atoms with E-state index in [-0.39, 0.29) is 5.91 Å². The van der Waals surface area contributed by atoms with Crippen LogP contribution in [0, 0.1) is 6.92 Å². The summed E-state index contributed by atoms with van der Waals surface area (Å²) < 4.78 is 0. The minimum atomic E-state index is -0.201. The summed E-state index contributed by atoms with van der Waals surface area (Å²) in [5.41, 5.74) is 4.25. The largest absolute Gasteiger partial charge is 0.384 e. The molecule has 0 fully saturated rings. The number of nitrogens with one attached hydrogen (secondary N) is 2. The highest BCUT2D eigenvalue weighted by atomic mass is 35.5. The van der Waals surface area contributed by atoms with Gasteiger partial charge in [0.1, 0.15) is 0 Å². The number of halogens is 2. The quantitative estimate of drug-likeness (QED) is 0.854. The first-order valence-electron chi connectivity index (χ1n) is 6.68. The molecule has 21 heavy (non-hydrogen) atoms. The number of hydrogen-bond donors (Lipinski definition) is 2. The van der Waals surface area contributed by atoms with Gasteiger partial charge in [-0.1, -0.05) is 29.3 Å². The average molecular weight is 321 g/mol. The summed E-state index contributed by atoms with van der Waals surface area (Å²) in [7, 11) is 0. The van der Waals surface area contributed by atoms with E-state index in [9.17, 15) is 4.79 Å². The lowest BCUT2D eigenvalue weighted by Crippen LogP contribution is -2.12. The van der Waals surface area contributed by atoms with Crippen LogP contribution < -0.4 is 10.6 Å². The Morgan fingerprint density at radius 1 is 1.19 bits per heavy atom. The lowest BCUT2D eigenvalue weighted by molar-refractivity contribution is 0.102. The van der Waals surface area contributed by atoms with Gasteiger partial charge in [0.15, 0.2) is 0 Å². The number of amides is 1. The van der Waals surface area contributed by atoms with Crippen LogP contribution in [0.5, 0.6) is 0 Å². The van der Waals surface area contributed by atoms with Crippen LogP contribution in [0.25, 0.3) is 0 Å². The van der Waals surface area contributed by atoms with E-state index in [2.05, 4.69) is 10.6 Å². The third kappa shape index (κ3) is 2.85. The van der Waals surface area contributed by atoms with E-state index in [0.717, 1.165) is 24.2 Å². The zero-order chi connectivity index (χ0) is 15.0. The Morgan fingerprint density at radius 2 is 2.00 bits per heavy atom. The molecule has 0 unspecified atom stereocenters. The van der Waals surface area contributed by atoms with Crippen LogP contribution in [-0.2, 0) is 6.42 Å². The molecular formula is C16H14Cl2N2O. The molecule has 1 amide bonds. The van der Waals surface area contributed by atoms with E-state index < -0.39 is 0 Å². The standard InChI is InChI=1S/C16H14Cl2N2O/c1-9-6-13(18)15(8-12(9)17)20-16(21)11-3-2-10-4-5-19-14(10)7-11/h2-3,6-8,19H,4-5H2,1H3,(H,20,21). The second-order valence-electron chi connectivity index (χ2n) is 5.08. The van der Waals surface area contributed by atoms with Gasteiger partial charge in [-0.3, -0.25) is 4.79 Å². The average Bonchev–Trinajstić information content (AvgIpc) is 2.92. The fourth-order valence-corrected chi connectivity index (χ4v) is 2.80. The van der Waals surface area contributed by atoms with Crippen LogP contribution >= 0.6 is 23.2 Å². The zero-order valence-corrected chi connectivity index (χ0v) is 13.0. The van der Waals surface area contributed by atoms with E-state index in [1.54, 1.807) is 12.1 Å². The molecule has 2 N–H and O–H groups in total. The molecule has 1 aliphatic heterocycles. The fraction of sp³-hybridized carbons (Fsp3) is 0.188. The Kier molecular flexibility index (Phi) is 3.79. The molecule has 0 aliphatic carbocycles. The minimum Gasteiger partial charge on any atom is -0.384 e. The van der Waals surface area contributed by atoms with Gasteiger partial charge in [-0.25, -0.2) is 0 Å². The molecule has 0 bridgehead atoms. The van der Waals surface area contributed by atoms with Crippen LogP contribution in [0.4, 0.5) is 11.4 Å². The molecule has 0 atom stereocenters. The van der Waals surface area contributed by atoms with Crippen molar-refractivity contribution in [3.8, 4) is 0 Å². The summed E-state index contributed by atoms with van der Waals surface area (Å²) >= 11 is 12.2. The van der Waals surface area contributed by atoms with Crippen LogP contribution in [0.3, 0.4) is 0 Å². The molecule has 2 aromatic carbocycles. The van der Waals surface area contributed by atoms with Gasteiger partial charge in [0.25, 0.3) is 5.91 Å². The van der Waals surface area contributed by atoms with Crippen molar-refractivity contribution in [3.05, 3.63) is 57.1 Å². The number of fused-ring (bicyclic) bond motifs is 1. The maximum Gasteiger partial charge on any atom is 0.255 e. The van der Waals surface area contributed by atoms with Gasteiger partial charge in [0, 0.05) is 22.8 Å². The number of aryl methyl sites for hydroxylation is 1. The summed E-state index contributed by atoms with van der Waals surface area (Å²) in [6, 6.07) is 9.08. The monoisotopic (exact) mass is 320 g/mol. The maximum atomic E-state index is 12.3. The molecule has 0 saturated carbocycles. The van der Waals surface area contributed by atoms with Gasteiger partial charge < -0.3 is 10.6 Å². The molecule has 0 radical (unpaired) electrons. The summed E-state index contributed by atoms with van der Waals surface area (Å²) in [4.78, 5) is 12.3. The summed E-state index contributed by atoms with van der Waals surface area (Å²) in [6.45, 7) is 2.78. The molecular weight excluding hydrogens is 307 g/mol. The zero-order valence-electron chi connectivity index (χ0n) is 11.5. The van der Waals surface area contributed by atoms with E-state index >= 15 is 0 Å². The Balaban J connectivity index is 1.85. The molecule has 3 rings (SSSR count). The predicted octanol–water partition coefficient (Wildman–Crippen LogP) is 4.52. The second kappa shape index (κ2) is 5.58. The van der Waals surface area contributed by atoms with Crippen molar-refractivity contribution < 1.29 is 4.79 Å². The highest BCUT2D eigenvalue weighted by Crippen LogP contribution is 2.30. The van der Waals surface area contributed by atoms with Crippen molar-refractivity contribution >= 4 is 40.5 Å². The molecule has 5 heteroatoms. The van der Waals surface area contributed by atoms with Crippen LogP contribution in [-0.4, -0.2) is 12.5 Å². The fourth-order valence-electron chi connectivity index (χ4n) is 2.37. The normalized spacial score (nSPS) is 12.7. The number of anilines is 2. The van der Waals surface area contributed by atoms with Crippen molar-refractivity contribution in [1.29, 1.82) is 0 Å².